The Morgan fingerprint density at radius 1 is 1.42 bits per heavy atom. The lowest BCUT2D eigenvalue weighted by Gasteiger charge is -2.17. The van der Waals surface area contributed by atoms with Crippen LogP contribution in [-0.2, 0) is 21.7 Å². The fourth-order valence-corrected chi connectivity index (χ4v) is 4.12. The van der Waals surface area contributed by atoms with Crippen molar-refractivity contribution in [3.8, 4) is 0 Å². The van der Waals surface area contributed by atoms with E-state index in [1.165, 1.54) is 5.01 Å². The predicted octanol–water partition coefficient (Wildman–Crippen LogP) is -0.456. The summed E-state index contributed by atoms with van der Waals surface area (Å²) in [5, 5.41) is 9.67. The summed E-state index contributed by atoms with van der Waals surface area (Å²) in [6, 6.07) is -0.313. The van der Waals surface area contributed by atoms with Crippen molar-refractivity contribution in [3.05, 3.63) is 18.0 Å². The van der Waals surface area contributed by atoms with Gasteiger partial charge >= 0.3 is 0 Å². The number of aromatic nitrogens is 2. The average Bonchev–Trinajstić information content (AvgIpc) is 2.98. The van der Waals surface area contributed by atoms with Gasteiger partial charge in [0.25, 0.3) is 0 Å². The third-order valence-corrected chi connectivity index (χ3v) is 5.15. The minimum atomic E-state index is -3.01. The van der Waals surface area contributed by atoms with Gasteiger partial charge in [0.1, 0.15) is 0 Å². The molecule has 0 aromatic carbocycles. The van der Waals surface area contributed by atoms with Gasteiger partial charge in [-0.25, -0.2) is 13.4 Å². The van der Waals surface area contributed by atoms with Gasteiger partial charge in [-0.05, 0) is 6.42 Å². The highest BCUT2D eigenvalue weighted by Gasteiger charge is 2.38. The zero-order chi connectivity index (χ0) is 13.6. The molecule has 0 bridgehead atoms. The Hall–Kier alpha value is -1.70. The van der Waals surface area contributed by atoms with Gasteiger partial charge in [0.15, 0.2) is 9.84 Å². The van der Waals surface area contributed by atoms with Gasteiger partial charge in [-0.3, -0.25) is 9.48 Å². The summed E-state index contributed by atoms with van der Waals surface area (Å²) in [4.78, 5) is 12.0. The third kappa shape index (κ3) is 2.27. The number of amides is 1. The maximum atomic E-state index is 12.0. The van der Waals surface area contributed by atoms with Crippen LogP contribution in [0.5, 0.6) is 0 Å². The number of hydrogen-bond acceptors (Lipinski definition) is 5. The standard InChI is InChI=1S/C11H14N4O3S/c1-14-6-8(5-12-14)10-4-11(16)15(13-10)9-2-3-19(17,18)7-9/h5-6,9H,2-4,7H2,1H3. The molecule has 0 aliphatic carbocycles. The highest BCUT2D eigenvalue weighted by Crippen LogP contribution is 2.23. The Labute approximate surface area is 110 Å². The van der Waals surface area contributed by atoms with Crippen LogP contribution >= 0.6 is 0 Å². The van der Waals surface area contributed by atoms with Crippen molar-refractivity contribution in [1.82, 2.24) is 14.8 Å². The molecule has 1 atom stereocenters. The third-order valence-electron chi connectivity index (χ3n) is 3.40. The number of hydrogen-bond donors (Lipinski definition) is 0. The summed E-state index contributed by atoms with van der Waals surface area (Å²) < 4.78 is 24.6. The number of sulfone groups is 1. The Kier molecular flexibility index (Phi) is 2.70. The highest BCUT2D eigenvalue weighted by atomic mass is 32.2. The van der Waals surface area contributed by atoms with Crippen molar-refractivity contribution in [2.45, 2.75) is 18.9 Å². The van der Waals surface area contributed by atoms with E-state index in [2.05, 4.69) is 10.2 Å². The van der Waals surface area contributed by atoms with Crippen molar-refractivity contribution < 1.29 is 13.2 Å². The van der Waals surface area contributed by atoms with Crippen molar-refractivity contribution in [2.75, 3.05) is 11.5 Å². The number of hydrazone groups is 1. The molecule has 0 spiro atoms. The largest absolute Gasteiger partial charge is 0.275 e. The Balaban J connectivity index is 1.84. The molecule has 1 aromatic heterocycles. The number of rotatable bonds is 2. The molecule has 2 aliphatic rings. The van der Waals surface area contributed by atoms with Crippen molar-refractivity contribution >= 4 is 21.5 Å². The molecule has 2 aliphatic heterocycles. The lowest BCUT2D eigenvalue weighted by atomic mass is 10.1. The molecule has 0 saturated carbocycles. The Morgan fingerprint density at radius 3 is 2.79 bits per heavy atom. The minimum Gasteiger partial charge on any atom is -0.275 e. The number of aryl methyl sites for hydroxylation is 1. The van der Waals surface area contributed by atoms with Crippen molar-refractivity contribution in [1.29, 1.82) is 0 Å². The first-order valence-electron chi connectivity index (χ1n) is 6.03. The van der Waals surface area contributed by atoms with Crippen LogP contribution in [0.2, 0.25) is 0 Å². The summed E-state index contributed by atoms with van der Waals surface area (Å²) in [5.41, 5.74) is 1.46. The average molecular weight is 282 g/mol. The molecular formula is C11H14N4O3S. The molecule has 19 heavy (non-hydrogen) atoms. The van der Waals surface area contributed by atoms with Crippen LogP contribution in [0.3, 0.4) is 0 Å². The van der Waals surface area contributed by atoms with Gasteiger partial charge in [-0.1, -0.05) is 0 Å². The summed E-state index contributed by atoms with van der Waals surface area (Å²) in [7, 11) is -1.22. The molecule has 3 rings (SSSR count). The lowest BCUT2D eigenvalue weighted by Crippen LogP contribution is -2.33. The van der Waals surface area contributed by atoms with Gasteiger partial charge in [0.05, 0.1) is 35.9 Å². The highest BCUT2D eigenvalue weighted by molar-refractivity contribution is 7.91. The van der Waals surface area contributed by atoms with Gasteiger partial charge < -0.3 is 0 Å². The van der Waals surface area contributed by atoms with E-state index >= 15 is 0 Å². The van der Waals surface area contributed by atoms with E-state index in [4.69, 9.17) is 0 Å². The van der Waals surface area contributed by atoms with Crippen LogP contribution in [0, 0.1) is 0 Å². The number of carbonyl (C=O) groups excluding carboxylic acids is 1. The fraction of sp³-hybridized carbons (Fsp3) is 0.545. The normalized spacial score (nSPS) is 25.9. The van der Waals surface area contributed by atoms with Gasteiger partial charge in [-0.2, -0.15) is 10.2 Å². The van der Waals surface area contributed by atoms with E-state index in [0.717, 1.165) is 5.56 Å². The molecule has 1 unspecified atom stereocenters. The maximum absolute atomic E-state index is 12.0. The molecule has 0 radical (unpaired) electrons. The first kappa shape index (κ1) is 12.3. The molecule has 1 fully saturated rings. The zero-order valence-electron chi connectivity index (χ0n) is 10.5. The van der Waals surface area contributed by atoms with Crippen LogP contribution in [0.4, 0.5) is 0 Å². The number of nitrogens with zero attached hydrogens (tertiary/aromatic N) is 4. The number of carbonyl (C=O) groups is 1. The van der Waals surface area contributed by atoms with E-state index in [-0.39, 0.29) is 29.9 Å². The summed E-state index contributed by atoms with van der Waals surface area (Å²) >= 11 is 0. The second kappa shape index (κ2) is 4.16. The fourth-order valence-electron chi connectivity index (χ4n) is 2.43. The smallest absolute Gasteiger partial charge is 0.249 e. The van der Waals surface area contributed by atoms with Crippen LogP contribution in [-0.4, -0.2) is 52.4 Å². The van der Waals surface area contributed by atoms with Gasteiger partial charge in [0.2, 0.25) is 5.91 Å². The molecule has 8 heteroatoms. The molecule has 0 N–H and O–H groups in total. The summed E-state index contributed by atoms with van der Waals surface area (Å²) in [6.45, 7) is 0. The van der Waals surface area contributed by atoms with E-state index in [1.807, 2.05) is 0 Å². The minimum absolute atomic E-state index is 0.0164. The molecule has 102 valence electrons. The molecule has 1 saturated heterocycles. The van der Waals surface area contributed by atoms with E-state index in [1.54, 1.807) is 24.1 Å². The van der Waals surface area contributed by atoms with E-state index < -0.39 is 9.84 Å². The Bertz CT molecular complexity index is 661. The monoisotopic (exact) mass is 282 g/mol. The maximum Gasteiger partial charge on any atom is 0.249 e. The van der Waals surface area contributed by atoms with Crippen molar-refractivity contribution in [3.63, 3.8) is 0 Å². The van der Waals surface area contributed by atoms with Gasteiger partial charge in [0, 0.05) is 18.8 Å². The molecule has 7 nitrogen and oxygen atoms in total. The summed E-state index contributed by atoms with van der Waals surface area (Å²) in [6.07, 6.45) is 4.13. The van der Waals surface area contributed by atoms with Crippen LogP contribution in [0.25, 0.3) is 0 Å². The Morgan fingerprint density at radius 2 is 2.21 bits per heavy atom. The predicted molar refractivity (Wildman–Crippen MR) is 68.3 cm³/mol. The quantitative estimate of drug-likeness (QED) is 0.735. The first-order chi connectivity index (χ1) is 8.94. The second-order valence-corrected chi connectivity index (χ2v) is 7.15. The van der Waals surface area contributed by atoms with Crippen LogP contribution in [0.15, 0.2) is 17.5 Å². The van der Waals surface area contributed by atoms with Gasteiger partial charge in [-0.15, -0.1) is 0 Å². The lowest BCUT2D eigenvalue weighted by molar-refractivity contribution is -0.130. The molecular weight excluding hydrogens is 268 g/mol. The second-order valence-electron chi connectivity index (χ2n) is 4.92. The summed E-state index contributed by atoms with van der Waals surface area (Å²) in [5.74, 6) is 0.0165. The molecule has 3 heterocycles. The topological polar surface area (TPSA) is 84.6 Å². The zero-order valence-corrected chi connectivity index (χ0v) is 11.3. The SMILES string of the molecule is Cn1cc(C2=NN(C3CCS(=O)(=O)C3)C(=O)C2)cn1. The van der Waals surface area contributed by atoms with Crippen LogP contribution in [0.1, 0.15) is 18.4 Å². The van der Waals surface area contributed by atoms with E-state index in [0.29, 0.717) is 12.1 Å². The molecule has 1 aromatic rings. The molecule has 1 amide bonds. The first-order valence-corrected chi connectivity index (χ1v) is 7.86. The van der Waals surface area contributed by atoms with Crippen LogP contribution < -0.4 is 0 Å². The van der Waals surface area contributed by atoms with E-state index in [9.17, 15) is 13.2 Å². The van der Waals surface area contributed by atoms with Crippen molar-refractivity contribution in [2.24, 2.45) is 12.1 Å².